The summed E-state index contributed by atoms with van der Waals surface area (Å²) in [6, 6.07) is 16.6. The number of hydrogen-bond donors (Lipinski definition) is 1. The normalized spacial score (nSPS) is 15.5. The van der Waals surface area contributed by atoms with E-state index in [1.807, 2.05) is 25.4 Å². The van der Waals surface area contributed by atoms with Crippen LogP contribution in [-0.2, 0) is 6.42 Å². The first-order valence-corrected chi connectivity index (χ1v) is 8.52. The lowest BCUT2D eigenvalue weighted by molar-refractivity contribution is 0.373. The highest BCUT2D eigenvalue weighted by atomic mass is 15.3. The second-order valence-electron chi connectivity index (χ2n) is 5.85. The SMILES string of the molecule is CN=C(NCCc1ccccn1)N1CCN(c2ccccc2)CC1. The number of anilines is 1. The molecule has 1 aromatic carbocycles. The molecule has 3 rings (SSSR count). The van der Waals surface area contributed by atoms with E-state index in [2.05, 4.69) is 61.5 Å². The summed E-state index contributed by atoms with van der Waals surface area (Å²) in [5.74, 6) is 0.985. The number of nitrogens with zero attached hydrogens (tertiary/aromatic N) is 4. The average Bonchev–Trinajstić information content (AvgIpc) is 2.67. The maximum Gasteiger partial charge on any atom is 0.193 e. The van der Waals surface area contributed by atoms with Gasteiger partial charge in [-0.1, -0.05) is 24.3 Å². The van der Waals surface area contributed by atoms with E-state index < -0.39 is 0 Å². The van der Waals surface area contributed by atoms with Gasteiger partial charge in [0.2, 0.25) is 0 Å². The van der Waals surface area contributed by atoms with Crippen molar-refractivity contribution < 1.29 is 0 Å². The summed E-state index contributed by atoms with van der Waals surface area (Å²) in [7, 11) is 1.85. The summed E-state index contributed by atoms with van der Waals surface area (Å²) in [6.07, 6.45) is 2.75. The van der Waals surface area contributed by atoms with Crippen molar-refractivity contribution >= 4 is 11.6 Å². The molecule has 0 amide bonds. The van der Waals surface area contributed by atoms with E-state index in [-0.39, 0.29) is 0 Å². The summed E-state index contributed by atoms with van der Waals surface area (Å²) in [4.78, 5) is 13.5. The molecule has 1 aliphatic heterocycles. The van der Waals surface area contributed by atoms with Crippen LogP contribution in [0.1, 0.15) is 5.69 Å². The Hall–Kier alpha value is -2.56. The van der Waals surface area contributed by atoms with Gasteiger partial charge in [-0.2, -0.15) is 0 Å². The van der Waals surface area contributed by atoms with Crippen molar-refractivity contribution in [3.63, 3.8) is 0 Å². The summed E-state index contributed by atoms with van der Waals surface area (Å²) in [5, 5.41) is 3.46. The van der Waals surface area contributed by atoms with Gasteiger partial charge >= 0.3 is 0 Å². The highest BCUT2D eigenvalue weighted by molar-refractivity contribution is 5.80. The van der Waals surface area contributed by atoms with Crippen molar-refractivity contribution in [3.8, 4) is 0 Å². The maximum absolute atomic E-state index is 4.43. The van der Waals surface area contributed by atoms with Crippen LogP contribution in [-0.4, -0.2) is 55.6 Å². The predicted molar refractivity (Wildman–Crippen MR) is 99.5 cm³/mol. The van der Waals surface area contributed by atoms with Gasteiger partial charge in [-0.25, -0.2) is 0 Å². The third-order valence-corrected chi connectivity index (χ3v) is 4.30. The molecule has 0 spiro atoms. The van der Waals surface area contributed by atoms with Gasteiger partial charge in [0.05, 0.1) is 0 Å². The lowest BCUT2D eigenvalue weighted by Gasteiger charge is -2.37. The third kappa shape index (κ3) is 4.25. The first-order chi connectivity index (χ1) is 11.9. The summed E-state index contributed by atoms with van der Waals surface area (Å²) in [6.45, 7) is 4.86. The molecular weight excluding hydrogens is 298 g/mol. The third-order valence-electron chi connectivity index (χ3n) is 4.30. The summed E-state index contributed by atoms with van der Waals surface area (Å²) < 4.78 is 0. The number of pyridine rings is 1. The minimum absolute atomic E-state index is 0.850. The zero-order valence-corrected chi connectivity index (χ0v) is 14.2. The molecule has 0 atom stereocenters. The number of hydrogen-bond acceptors (Lipinski definition) is 3. The first-order valence-electron chi connectivity index (χ1n) is 8.52. The predicted octanol–water partition coefficient (Wildman–Crippen LogP) is 2.02. The zero-order chi connectivity index (χ0) is 16.6. The Balaban J connectivity index is 1.47. The van der Waals surface area contributed by atoms with Gasteiger partial charge in [-0.05, 0) is 24.3 Å². The second kappa shape index (κ2) is 8.34. The van der Waals surface area contributed by atoms with E-state index >= 15 is 0 Å². The number of aliphatic imine (C=N–C) groups is 1. The van der Waals surface area contributed by atoms with Crippen molar-refractivity contribution in [2.75, 3.05) is 44.7 Å². The van der Waals surface area contributed by atoms with E-state index in [0.29, 0.717) is 0 Å². The van der Waals surface area contributed by atoms with Crippen molar-refractivity contribution in [1.82, 2.24) is 15.2 Å². The van der Waals surface area contributed by atoms with E-state index in [4.69, 9.17) is 0 Å². The van der Waals surface area contributed by atoms with Gasteiger partial charge in [-0.3, -0.25) is 9.98 Å². The molecule has 2 aromatic rings. The topological polar surface area (TPSA) is 43.8 Å². The first kappa shape index (κ1) is 16.3. The van der Waals surface area contributed by atoms with Crippen LogP contribution < -0.4 is 10.2 Å². The molecule has 126 valence electrons. The van der Waals surface area contributed by atoms with Crippen molar-refractivity contribution in [1.29, 1.82) is 0 Å². The van der Waals surface area contributed by atoms with Gasteiger partial charge in [-0.15, -0.1) is 0 Å². The van der Waals surface area contributed by atoms with Gasteiger partial charge in [0.15, 0.2) is 5.96 Å². The zero-order valence-electron chi connectivity index (χ0n) is 14.2. The molecule has 2 heterocycles. The number of nitrogens with one attached hydrogen (secondary N) is 1. The molecule has 1 fully saturated rings. The van der Waals surface area contributed by atoms with Crippen molar-refractivity contribution in [3.05, 3.63) is 60.4 Å². The molecule has 1 saturated heterocycles. The lowest BCUT2D eigenvalue weighted by atomic mass is 10.2. The molecule has 5 heteroatoms. The molecule has 0 saturated carbocycles. The van der Waals surface area contributed by atoms with Crippen LogP contribution in [0, 0.1) is 0 Å². The number of piperazine rings is 1. The van der Waals surface area contributed by atoms with Crippen LogP contribution in [0.2, 0.25) is 0 Å². The van der Waals surface area contributed by atoms with Crippen LogP contribution in [0.4, 0.5) is 5.69 Å². The molecule has 1 N–H and O–H groups in total. The Bertz CT molecular complexity index is 633. The fourth-order valence-corrected chi connectivity index (χ4v) is 3.00. The number of guanidine groups is 1. The fraction of sp³-hybridized carbons (Fsp3) is 0.368. The Morgan fingerprint density at radius 2 is 1.79 bits per heavy atom. The quantitative estimate of drug-likeness (QED) is 0.691. The smallest absolute Gasteiger partial charge is 0.193 e. The number of rotatable bonds is 4. The van der Waals surface area contributed by atoms with E-state index in [1.165, 1.54) is 5.69 Å². The second-order valence-corrected chi connectivity index (χ2v) is 5.85. The number of para-hydroxylation sites is 1. The molecule has 5 nitrogen and oxygen atoms in total. The fourth-order valence-electron chi connectivity index (χ4n) is 3.00. The number of benzene rings is 1. The Morgan fingerprint density at radius 1 is 1.04 bits per heavy atom. The number of aromatic nitrogens is 1. The summed E-state index contributed by atoms with van der Waals surface area (Å²) >= 11 is 0. The van der Waals surface area contributed by atoms with E-state index in [1.54, 1.807) is 0 Å². The average molecular weight is 323 g/mol. The molecule has 1 aromatic heterocycles. The van der Waals surface area contributed by atoms with E-state index in [0.717, 1.165) is 50.8 Å². The Kier molecular flexibility index (Phi) is 5.66. The van der Waals surface area contributed by atoms with Crippen molar-refractivity contribution in [2.45, 2.75) is 6.42 Å². The molecule has 0 radical (unpaired) electrons. The van der Waals surface area contributed by atoms with Gasteiger partial charge in [0.25, 0.3) is 0 Å². The minimum atomic E-state index is 0.850. The summed E-state index contributed by atoms with van der Waals surface area (Å²) in [5.41, 5.74) is 2.41. The van der Waals surface area contributed by atoms with Crippen LogP contribution in [0.3, 0.4) is 0 Å². The molecule has 0 aliphatic carbocycles. The molecule has 1 aliphatic rings. The van der Waals surface area contributed by atoms with Gasteiger partial charge < -0.3 is 15.1 Å². The Morgan fingerprint density at radius 3 is 2.46 bits per heavy atom. The van der Waals surface area contributed by atoms with Crippen molar-refractivity contribution in [2.24, 2.45) is 4.99 Å². The molecule has 0 bridgehead atoms. The van der Waals surface area contributed by atoms with Crippen LogP contribution in [0.15, 0.2) is 59.7 Å². The highest BCUT2D eigenvalue weighted by Gasteiger charge is 2.19. The van der Waals surface area contributed by atoms with Crippen LogP contribution >= 0.6 is 0 Å². The van der Waals surface area contributed by atoms with Gasteiger partial charge in [0, 0.05) is 63.8 Å². The van der Waals surface area contributed by atoms with Crippen LogP contribution in [0.5, 0.6) is 0 Å². The standard InChI is InChI=1S/C19H25N5/c1-20-19(22-12-10-17-7-5-6-11-21-17)24-15-13-23(14-16-24)18-8-3-2-4-9-18/h2-9,11H,10,12-16H2,1H3,(H,20,22). The molecule has 0 unspecified atom stereocenters. The maximum atomic E-state index is 4.43. The lowest BCUT2D eigenvalue weighted by Crippen LogP contribution is -2.52. The van der Waals surface area contributed by atoms with Crippen LogP contribution in [0.25, 0.3) is 0 Å². The minimum Gasteiger partial charge on any atom is -0.368 e. The Labute approximate surface area is 144 Å². The largest absolute Gasteiger partial charge is 0.368 e. The molecule has 24 heavy (non-hydrogen) atoms. The monoisotopic (exact) mass is 323 g/mol. The van der Waals surface area contributed by atoms with E-state index in [9.17, 15) is 0 Å². The van der Waals surface area contributed by atoms with Gasteiger partial charge in [0.1, 0.15) is 0 Å². The highest BCUT2D eigenvalue weighted by Crippen LogP contribution is 2.15. The molecular formula is C19H25N5.